The molecule has 180 valence electrons. The van der Waals surface area contributed by atoms with E-state index in [9.17, 15) is 13.2 Å². The first-order valence-electron chi connectivity index (χ1n) is 11.4. The Morgan fingerprint density at radius 2 is 1.91 bits per heavy atom. The van der Waals surface area contributed by atoms with Gasteiger partial charge in [-0.25, -0.2) is 18.2 Å². The van der Waals surface area contributed by atoms with Gasteiger partial charge in [-0.05, 0) is 25.7 Å². The van der Waals surface area contributed by atoms with E-state index in [2.05, 4.69) is 31.9 Å². The minimum absolute atomic E-state index is 0.0119. The zero-order valence-electron chi connectivity index (χ0n) is 18.9. The lowest BCUT2D eigenvalue weighted by molar-refractivity contribution is 0.0973. The van der Waals surface area contributed by atoms with Crippen LogP contribution < -0.4 is 10.6 Å². The number of nitrogens with one attached hydrogen (secondary N) is 1. The molecule has 3 N–H and O–H groups in total. The maximum Gasteiger partial charge on any atom is 0.213 e. The van der Waals surface area contributed by atoms with Gasteiger partial charge in [0.05, 0.1) is 23.7 Å². The van der Waals surface area contributed by atoms with Gasteiger partial charge in [-0.1, -0.05) is 5.92 Å². The van der Waals surface area contributed by atoms with Crippen LogP contribution in [0.25, 0.3) is 16.7 Å². The predicted octanol–water partition coefficient (Wildman–Crippen LogP) is 2.76. The Balaban J connectivity index is 1.36. The Morgan fingerprint density at radius 1 is 1.17 bits per heavy atom. The van der Waals surface area contributed by atoms with Crippen molar-refractivity contribution in [1.29, 1.82) is 0 Å². The summed E-state index contributed by atoms with van der Waals surface area (Å²) in [4.78, 5) is 11.4. The van der Waals surface area contributed by atoms with E-state index >= 15 is 0 Å². The van der Waals surface area contributed by atoms with Crippen molar-refractivity contribution in [1.82, 2.24) is 24.6 Å². The van der Waals surface area contributed by atoms with Crippen LogP contribution in [-0.4, -0.2) is 56.4 Å². The molecule has 2 aliphatic rings. The molecule has 0 unspecified atom stereocenters. The van der Waals surface area contributed by atoms with E-state index in [0.717, 1.165) is 25.9 Å². The number of imidazole rings is 1. The lowest BCUT2D eigenvalue weighted by Crippen LogP contribution is -2.51. The topological polar surface area (TPSA) is 97.4 Å². The highest BCUT2D eigenvalue weighted by atomic mass is 19.1. The molecule has 0 aliphatic carbocycles. The van der Waals surface area contributed by atoms with E-state index in [1.165, 1.54) is 0 Å². The molecule has 4 aromatic rings. The maximum atomic E-state index is 14.0. The number of ether oxygens (including phenoxy) is 1. The second-order valence-corrected chi connectivity index (χ2v) is 9.21. The van der Waals surface area contributed by atoms with Crippen LogP contribution in [0, 0.1) is 34.7 Å². The third-order valence-corrected chi connectivity index (χ3v) is 7.24. The van der Waals surface area contributed by atoms with Crippen LogP contribution in [0.1, 0.15) is 31.0 Å². The highest BCUT2D eigenvalue weighted by Crippen LogP contribution is 2.42. The molecule has 3 aromatic heterocycles. The Labute approximate surface area is 198 Å². The van der Waals surface area contributed by atoms with Gasteiger partial charge in [0, 0.05) is 49.1 Å². The number of fused-ring (bicyclic) bond motifs is 3. The first-order valence-corrected chi connectivity index (χ1v) is 11.4. The lowest BCUT2D eigenvalue weighted by Gasteiger charge is -2.41. The summed E-state index contributed by atoms with van der Waals surface area (Å²) in [6.45, 7) is 4.22. The highest BCUT2D eigenvalue weighted by Gasteiger charge is 2.47. The van der Waals surface area contributed by atoms with E-state index < -0.39 is 23.0 Å². The van der Waals surface area contributed by atoms with Gasteiger partial charge in [-0.3, -0.25) is 9.50 Å². The van der Waals surface area contributed by atoms with Crippen LogP contribution in [0.5, 0.6) is 0 Å². The number of nitrogens with two attached hydrogens (primary N) is 1. The van der Waals surface area contributed by atoms with E-state index in [0.29, 0.717) is 41.4 Å². The molecule has 0 radical (unpaired) electrons. The molecular weight excluding hydrogens is 459 g/mol. The minimum Gasteiger partial charge on any atom is -0.376 e. The van der Waals surface area contributed by atoms with Gasteiger partial charge >= 0.3 is 0 Å². The molecule has 2 atom stereocenters. The number of benzene rings is 1. The number of halogens is 3. The molecular formula is C24H22F3N7O. The smallest absolute Gasteiger partial charge is 0.213 e. The normalized spacial score (nSPS) is 21.7. The monoisotopic (exact) mass is 481 g/mol. The number of H-pyrrole nitrogens is 1. The average Bonchev–Trinajstić information content (AvgIpc) is 3.54. The summed E-state index contributed by atoms with van der Waals surface area (Å²) in [7, 11) is 0. The van der Waals surface area contributed by atoms with Crippen molar-refractivity contribution in [3.63, 3.8) is 0 Å². The molecule has 0 amide bonds. The number of hydrogen-bond acceptors (Lipinski definition) is 6. The number of nitrogens with zero attached hydrogens (tertiary/aromatic N) is 5. The molecule has 8 nitrogen and oxygen atoms in total. The van der Waals surface area contributed by atoms with Crippen molar-refractivity contribution in [3.05, 3.63) is 53.2 Å². The van der Waals surface area contributed by atoms with Crippen LogP contribution in [-0.2, 0) is 4.74 Å². The first-order chi connectivity index (χ1) is 16.9. The molecule has 1 spiro atoms. The number of anilines is 1. The van der Waals surface area contributed by atoms with E-state index in [1.54, 1.807) is 12.4 Å². The van der Waals surface area contributed by atoms with Crippen molar-refractivity contribution < 1.29 is 17.9 Å². The third-order valence-electron chi connectivity index (χ3n) is 7.24. The van der Waals surface area contributed by atoms with E-state index in [1.807, 2.05) is 11.3 Å². The second kappa shape index (κ2) is 7.96. The quantitative estimate of drug-likeness (QED) is 0.406. The van der Waals surface area contributed by atoms with Crippen LogP contribution in [0.15, 0.2) is 24.5 Å². The predicted molar refractivity (Wildman–Crippen MR) is 122 cm³/mol. The summed E-state index contributed by atoms with van der Waals surface area (Å²) in [5, 5.41) is 7.58. The van der Waals surface area contributed by atoms with Gasteiger partial charge in [0.1, 0.15) is 23.1 Å². The Bertz CT molecular complexity index is 1490. The number of rotatable bonds is 1. The van der Waals surface area contributed by atoms with Gasteiger partial charge in [-0.15, -0.1) is 0 Å². The summed E-state index contributed by atoms with van der Waals surface area (Å²) in [5.41, 5.74) is 7.16. The molecule has 2 saturated heterocycles. The maximum absolute atomic E-state index is 14.0. The number of piperidine rings is 1. The Morgan fingerprint density at radius 3 is 2.60 bits per heavy atom. The molecule has 5 heterocycles. The molecule has 0 saturated carbocycles. The molecule has 2 fully saturated rings. The van der Waals surface area contributed by atoms with Crippen molar-refractivity contribution in [3.8, 4) is 11.8 Å². The van der Waals surface area contributed by atoms with Crippen molar-refractivity contribution in [2.24, 2.45) is 11.1 Å². The van der Waals surface area contributed by atoms with Crippen LogP contribution in [0.2, 0.25) is 0 Å². The molecule has 1 aromatic carbocycles. The fourth-order valence-corrected chi connectivity index (χ4v) is 5.15. The van der Waals surface area contributed by atoms with Gasteiger partial charge in [-0.2, -0.15) is 10.1 Å². The van der Waals surface area contributed by atoms with Gasteiger partial charge in [0.2, 0.25) is 5.95 Å². The Hall–Kier alpha value is -3.62. The highest BCUT2D eigenvalue weighted by molar-refractivity contribution is 5.94. The molecule has 0 bridgehead atoms. The van der Waals surface area contributed by atoms with E-state index in [-0.39, 0.29) is 23.3 Å². The van der Waals surface area contributed by atoms with Gasteiger partial charge in [0.15, 0.2) is 11.3 Å². The summed E-state index contributed by atoms with van der Waals surface area (Å²) in [6, 6.07) is 1.19. The Kier molecular flexibility index (Phi) is 4.98. The zero-order chi connectivity index (χ0) is 24.3. The first kappa shape index (κ1) is 21.9. The van der Waals surface area contributed by atoms with Crippen LogP contribution in [0.3, 0.4) is 0 Å². The standard InChI is InChI=1S/C24H22F3N7O/c1-13-20(28)24(12-35-13)4-7-33(8-5-24)23-30-21-19(22-29-6-9-34(22)23)18(31-32-21)3-2-15-16(26)10-14(25)11-17(15)27/h6,9-11,13,20H,4-5,7-8,12,28H2,1H3,(H,31,32)/t13-,20+/m0/s1. The van der Waals surface area contributed by atoms with Gasteiger partial charge in [0.25, 0.3) is 0 Å². The average molecular weight is 481 g/mol. The lowest BCUT2D eigenvalue weighted by atomic mass is 9.73. The molecule has 6 rings (SSSR count). The van der Waals surface area contributed by atoms with Crippen LogP contribution >= 0.6 is 0 Å². The molecule has 35 heavy (non-hydrogen) atoms. The number of aromatic amines is 1. The van der Waals surface area contributed by atoms with Crippen molar-refractivity contribution in [2.45, 2.75) is 31.9 Å². The second-order valence-electron chi connectivity index (χ2n) is 9.21. The fraction of sp³-hybridized carbons (Fsp3) is 0.375. The van der Waals surface area contributed by atoms with Gasteiger partial charge < -0.3 is 15.4 Å². The largest absolute Gasteiger partial charge is 0.376 e. The molecule has 2 aliphatic heterocycles. The van der Waals surface area contributed by atoms with Crippen LogP contribution in [0.4, 0.5) is 19.1 Å². The van der Waals surface area contributed by atoms with Crippen molar-refractivity contribution >= 4 is 22.6 Å². The molecule has 11 heteroatoms. The summed E-state index contributed by atoms with van der Waals surface area (Å²) < 4.78 is 48.9. The fourth-order valence-electron chi connectivity index (χ4n) is 5.15. The van der Waals surface area contributed by atoms with Crippen molar-refractivity contribution in [2.75, 3.05) is 24.6 Å². The third kappa shape index (κ3) is 3.44. The zero-order valence-corrected chi connectivity index (χ0v) is 18.9. The number of aromatic nitrogens is 5. The number of hydrogen-bond donors (Lipinski definition) is 2. The summed E-state index contributed by atoms with van der Waals surface area (Å²) in [6.07, 6.45) is 5.29. The summed E-state index contributed by atoms with van der Waals surface area (Å²) >= 11 is 0. The minimum atomic E-state index is -1.08. The SMILES string of the molecule is C[C@@H]1OCC2(CCN(c3nc4[nH]nc(C#Cc5c(F)cc(F)cc5F)c4c4nccn34)CC2)[C@@H]1N. The summed E-state index contributed by atoms with van der Waals surface area (Å²) in [5.74, 6) is 2.65. The van der Waals surface area contributed by atoms with E-state index in [4.69, 9.17) is 15.5 Å².